The van der Waals surface area contributed by atoms with Crippen LogP contribution in [0.3, 0.4) is 0 Å². The first-order valence-electron chi connectivity index (χ1n) is 13.8. The Morgan fingerprint density at radius 2 is 1.92 bits per heavy atom. The summed E-state index contributed by atoms with van der Waals surface area (Å²) < 4.78 is 31.3. The fourth-order valence-corrected chi connectivity index (χ4v) is 6.63. The van der Waals surface area contributed by atoms with Gasteiger partial charge in [-0.1, -0.05) is 56.0 Å². The molecule has 2 aromatic carbocycles. The molecule has 0 spiro atoms. The van der Waals surface area contributed by atoms with Gasteiger partial charge in [0.15, 0.2) is 9.84 Å². The Balaban J connectivity index is 1.39. The smallest absolute Gasteiger partial charge is 0.228 e. The van der Waals surface area contributed by atoms with Crippen LogP contribution in [0.1, 0.15) is 50.2 Å². The number of aryl methyl sites for hydroxylation is 1. The number of benzene rings is 2. The third kappa shape index (κ3) is 6.17. The van der Waals surface area contributed by atoms with Crippen LogP contribution in [0.25, 0.3) is 10.9 Å². The molecule has 2 aliphatic rings. The second kappa shape index (κ2) is 11.5. The van der Waals surface area contributed by atoms with Gasteiger partial charge in [-0.3, -0.25) is 4.79 Å². The number of sulfone groups is 1. The van der Waals surface area contributed by atoms with Crippen LogP contribution in [0.15, 0.2) is 47.4 Å². The summed E-state index contributed by atoms with van der Waals surface area (Å²) in [7, 11) is -3.39. The molecule has 5 rings (SSSR count). The van der Waals surface area contributed by atoms with E-state index in [1.807, 2.05) is 42.2 Å². The molecule has 0 unspecified atom stereocenters. The van der Waals surface area contributed by atoms with Gasteiger partial charge in [-0.05, 0) is 37.1 Å². The number of amides is 1. The lowest BCUT2D eigenvalue weighted by Gasteiger charge is -2.42. The molecular weight excluding hydrogens is 514 g/mol. The molecule has 0 atom stereocenters. The molecule has 208 valence electrons. The molecule has 10 heteroatoms. The molecule has 3 heterocycles. The number of anilines is 2. The number of carbonyl (C=O) groups is 1. The van der Waals surface area contributed by atoms with Gasteiger partial charge in [0.2, 0.25) is 11.9 Å². The second-order valence-corrected chi connectivity index (χ2v) is 12.8. The summed E-state index contributed by atoms with van der Waals surface area (Å²) in [5, 5.41) is 7.55. The summed E-state index contributed by atoms with van der Waals surface area (Å²) in [6, 6.07) is 13.1. The number of rotatable bonds is 10. The van der Waals surface area contributed by atoms with Gasteiger partial charge < -0.3 is 20.3 Å². The first-order valence-corrected chi connectivity index (χ1v) is 15.4. The highest BCUT2D eigenvalue weighted by Gasteiger charge is 2.40. The van der Waals surface area contributed by atoms with Crippen LogP contribution < -0.4 is 15.5 Å². The van der Waals surface area contributed by atoms with Gasteiger partial charge in [-0.15, -0.1) is 0 Å². The number of unbranched alkanes of at least 4 members (excludes halogenated alkanes) is 3. The minimum Gasteiger partial charge on any atom is -0.376 e. The highest BCUT2D eigenvalue weighted by molar-refractivity contribution is 7.91. The number of ether oxygens (including phenoxy) is 1. The number of fused-ring (bicyclic) bond motifs is 2. The fraction of sp³-hybridized carbons (Fsp3) is 0.483. The molecule has 1 amide bonds. The highest BCUT2D eigenvalue weighted by atomic mass is 32.2. The Labute approximate surface area is 230 Å². The molecule has 39 heavy (non-hydrogen) atoms. The maximum atomic E-state index is 12.9. The highest BCUT2D eigenvalue weighted by Crippen LogP contribution is 2.29. The molecule has 0 bridgehead atoms. The van der Waals surface area contributed by atoms with Gasteiger partial charge >= 0.3 is 0 Å². The molecule has 2 aliphatic heterocycles. The van der Waals surface area contributed by atoms with E-state index in [1.54, 1.807) is 12.1 Å². The monoisotopic (exact) mass is 551 g/mol. The number of hydrogen-bond acceptors (Lipinski definition) is 8. The van der Waals surface area contributed by atoms with E-state index in [1.165, 1.54) is 0 Å². The van der Waals surface area contributed by atoms with Crippen LogP contribution in [0.2, 0.25) is 0 Å². The van der Waals surface area contributed by atoms with E-state index >= 15 is 0 Å². The van der Waals surface area contributed by atoms with Crippen molar-refractivity contribution >= 4 is 38.4 Å². The predicted molar refractivity (Wildman–Crippen MR) is 153 cm³/mol. The van der Waals surface area contributed by atoms with Gasteiger partial charge in [0, 0.05) is 31.4 Å². The van der Waals surface area contributed by atoms with Crippen LogP contribution in [0, 0.1) is 6.92 Å². The standard InChI is InChI=1S/C29H37N5O4S/c1-3-4-5-6-11-26(35)33-29(19-38-20-29)18-30-27-23-16-21(2)12-13-24(23)31-28(32-27)34-14-15-39(36,37)25-10-8-7-9-22(25)17-34/h7-10,12-13,16H,3-6,11,14-15,17-20H2,1-2H3,(H,33,35)(H,30,31,32). The van der Waals surface area contributed by atoms with Crippen LogP contribution in [0.4, 0.5) is 11.8 Å². The van der Waals surface area contributed by atoms with E-state index in [9.17, 15) is 13.2 Å². The fourth-order valence-electron chi connectivity index (χ4n) is 5.13. The predicted octanol–water partition coefficient (Wildman–Crippen LogP) is 4.00. The number of aromatic nitrogens is 2. The average molecular weight is 552 g/mol. The second-order valence-electron chi connectivity index (χ2n) is 10.7. The molecule has 3 aromatic rings. The van der Waals surface area contributed by atoms with Crippen molar-refractivity contribution in [1.29, 1.82) is 0 Å². The number of carbonyl (C=O) groups excluding carboxylic acids is 1. The van der Waals surface area contributed by atoms with E-state index in [0.717, 1.165) is 47.7 Å². The Morgan fingerprint density at radius 1 is 1.10 bits per heavy atom. The third-order valence-corrected chi connectivity index (χ3v) is 9.22. The zero-order valence-electron chi connectivity index (χ0n) is 22.7. The molecule has 0 aliphatic carbocycles. The lowest BCUT2D eigenvalue weighted by atomic mass is 9.96. The van der Waals surface area contributed by atoms with Crippen LogP contribution >= 0.6 is 0 Å². The molecule has 0 saturated carbocycles. The Bertz CT molecular complexity index is 1460. The van der Waals surface area contributed by atoms with Crippen LogP contribution in [-0.4, -0.2) is 61.9 Å². The van der Waals surface area contributed by atoms with Crippen molar-refractivity contribution in [2.24, 2.45) is 0 Å². The maximum Gasteiger partial charge on any atom is 0.228 e. The normalized spacial score (nSPS) is 17.6. The number of hydrogen-bond donors (Lipinski definition) is 2. The topological polar surface area (TPSA) is 114 Å². The summed E-state index contributed by atoms with van der Waals surface area (Å²) in [5.74, 6) is 1.17. The van der Waals surface area contributed by atoms with Crippen molar-refractivity contribution in [1.82, 2.24) is 15.3 Å². The van der Waals surface area contributed by atoms with E-state index in [0.29, 0.717) is 55.9 Å². The summed E-state index contributed by atoms with van der Waals surface area (Å²) in [6.07, 6.45) is 4.74. The van der Waals surface area contributed by atoms with Gasteiger partial charge in [-0.2, -0.15) is 4.98 Å². The van der Waals surface area contributed by atoms with E-state index in [2.05, 4.69) is 17.6 Å². The SMILES string of the molecule is CCCCCCC(=O)NC1(CNc2nc(N3CCS(=O)(=O)c4ccccc4C3)nc3ccc(C)cc23)COC1. The van der Waals surface area contributed by atoms with Crippen molar-refractivity contribution in [2.75, 3.05) is 42.3 Å². The zero-order chi connectivity index (χ0) is 27.5. The Morgan fingerprint density at radius 3 is 2.69 bits per heavy atom. The zero-order valence-corrected chi connectivity index (χ0v) is 23.5. The van der Waals surface area contributed by atoms with E-state index in [4.69, 9.17) is 14.7 Å². The molecular formula is C29H37N5O4S. The lowest BCUT2D eigenvalue weighted by molar-refractivity contribution is -0.131. The molecule has 0 radical (unpaired) electrons. The van der Waals surface area contributed by atoms with Gasteiger partial charge in [-0.25, -0.2) is 13.4 Å². The average Bonchev–Trinajstić information content (AvgIpc) is 3.03. The van der Waals surface area contributed by atoms with Gasteiger partial charge in [0.1, 0.15) is 11.4 Å². The largest absolute Gasteiger partial charge is 0.376 e. The molecule has 1 aromatic heterocycles. The molecule has 2 N–H and O–H groups in total. The number of nitrogens with one attached hydrogen (secondary N) is 2. The summed E-state index contributed by atoms with van der Waals surface area (Å²) in [6.45, 7) is 6.21. The van der Waals surface area contributed by atoms with Crippen LogP contribution in [0.5, 0.6) is 0 Å². The van der Waals surface area contributed by atoms with Crippen molar-refractivity contribution in [2.45, 2.75) is 62.9 Å². The Hall–Kier alpha value is -3.24. The quantitative estimate of drug-likeness (QED) is 0.364. The lowest BCUT2D eigenvalue weighted by Crippen LogP contribution is -2.65. The third-order valence-electron chi connectivity index (χ3n) is 7.43. The van der Waals surface area contributed by atoms with Crippen molar-refractivity contribution in [3.05, 3.63) is 53.6 Å². The maximum absolute atomic E-state index is 12.9. The summed E-state index contributed by atoms with van der Waals surface area (Å²) in [4.78, 5) is 24.7. The summed E-state index contributed by atoms with van der Waals surface area (Å²) >= 11 is 0. The molecule has 1 saturated heterocycles. The van der Waals surface area contributed by atoms with E-state index in [-0.39, 0.29) is 11.7 Å². The minimum absolute atomic E-state index is 0.00714. The molecule has 9 nitrogen and oxygen atoms in total. The van der Waals surface area contributed by atoms with Crippen LogP contribution in [-0.2, 0) is 25.9 Å². The minimum atomic E-state index is -3.39. The Kier molecular flexibility index (Phi) is 8.04. The van der Waals surface area contributed by atoms with Crippen molar-refractivity contribution in [3.8, 4) is 0 Å². The first-order chi connectivity index (χ1) is 18.8. The van der Waals surface area contributed by atoms with Crippen molar-refractivity contribution < 1.29 is 17.9 Å². The molecule has 1 fully saturated rings. The summed E-state index contributed by atoms with van der Waals surface area (Å²) in [5.41, 5.74) is 2.11. The first kappa shape index (κ1) is 27.3. The van der Waals surface area contributed by atoms with Crippen molar-refractivity contribution in [3.63, 3.8) is 0 Å². The number of nitrogens with zero attached hydrogens (tertiary/aromatic N) is 3. The van der Waals surface area contributed by atoms with Gasteiger partial charge in [0.25, 0.3) is 0 Å². The van der Waals surface area contributed by atoms with E-state index < -0.39 is 15.4 Å². The van der Waals surface area contributed by atoms with Gasteiger partial charge in [0.05, 0.1) is 29.4 Å².